The fourth-order valence-corrected chi connectivity index (χ4v) is 2.84. The van der Waals surface area contributed by atoms with E-state index in [-0.39, 0.29) is 5.78 Å². The van der Waals surface area contributed by atoms with Crippen LogP contribution >= 0.6 is 0 Å². The molecule has 2 aromatic heterocycles. The van der Waals surface area contributed by atoms with Gasteiger partial charge in [0.15, 0.2) is 22.9 Å². The third-order valence-corrected chi connectivity index (χ3v) is 4.27. The Morgan fingerprint density at radius 1 is 0.935 bits per heavy atom. The Labute approximate surface area is 185 Å². The molecule has 0 aliphatic heterocycles. The van der Waals surface area contributed by atoms with Crippen LogP contribution in [-0.2, 0) is 0 Å². The largest absolute Gasteiger partial charge is 0.493 e. The topological polar surface area (TPSA) is 86.3 Å². The maximum absolute atomic E-state index is 12.7. The molecule has 0 bridgehead atoms. The highest BCUT2D eigenvalue weighted by Gasteiger charge is 2.26. The summed E-state index contributed by atoms with van der Waals surface area (Å²) in [5.74, 6) is 1.55. The van der Waals surface area contributed by atoms with Crippen LogP contribution < -0.4 is 14.2 Å². The Morgan fingerprint density at radius 3 is 1.94 bits per heavy atom. The first-order valence-electron chi connectivity index (χ1n) is 10.5. The van der Waals surface area contributed by atoms with Gasteiger partial charge >= 0.3 is 0 Å². The van der Waals surface area contributed by atoms with Crippen LogP contribution in [-0.4, -0.2) is 42.1 Å². The second kappa shape index (κ2) is 11.3. The number of hydrogen-bond acceptors (Lipinski definition) is 6. The summed E-state index contributed by atoms with van der Waals surface area (Å²) in [4.78, 5) is 24.8. The average molecular weight is 430 g/mol. The molecule has 31 heavy (non-hydrogen) atoms. The molecule has 0 spiro atoms. The number of carbonyl (C=O) groups is 1. The molecule has 0 radical (unpaired) electrons. The summed E-state index contributed by atoms with van der Waals surface area (Å²) in [6.45, 7) is 13.6. The third-order valence-electron chi connectivity index (χ3n) is 4.27. The van der Waals surface area contributed by atoms with E-state index in [2.05, 4.69) is 15.0 Å². The van der Waals surface area contributed by atoms with Gasteiger partial charge in [-0.25, -0.2) is 9.97 Å². The maximum atomic E-state index is 12.7. The lowest BCUT2D eigenvalue weighted by Gasteiger charge is -2.15. The predicted molar refractivity (Wildman–Crippen MR) is 125 cm³/mol. The van der Waals surface area contributed by atoms with Crippen molar-refractivity contribution in [1.29, 1.82) is 0 Å². The number of methoxy groups -OCH3 is 3. The van der Waals surface area contributed by atoms with Gasteiger partial charge in [0.25, 0.3) is 0 Å². The van der Waals surface area contributed by atoms with Crippen molar-refractivity contribution in [3.63, 3.8) is 0 Å². The number of hydrogen-bond donors (Lipinski definition) is 1. The number of carbonyl (C=O) groups excluding carboxylic acids is 1. The number of Topliss-reactive ketones (excluding diaryl/α,β-unsaturated/α-hetero) is 1. The van der Waals surface area contributed by atoms with Crippen LogP contribution in [0.15, 0.2) is 24.5 Å². The van der Waals surface area contributed by atoms with Crippen LogP contribution in [0.1, 0.15) is 58.8 Å². The molecule has 7 nitrogen and oxygen atoms in total. The van der Waals surface area contributed by atoms with E-state index in [4.69, 9.17) is 14.2 Å². The molecule has 0 saturated heterocycles. The van der Waals surface area contributed by atoms with Crippen molar-refractivity contribution in [3.05, 3.63) is 30.1 Å². The Bertz CT molecular complexity index is 979. The van der Waals surface area contributed by atoms with Crippen LogP contribution in [0, 0.1) is 5.41 Å². The molecular formula is C24H35N3O4. The zero-order chi connectivity index (χ0) is 23.8. The molecule has 1 N–H and O–H groups in total. The molecule has 3 aromatic rings. The number of H-pyrrole nitrogens is 1. The van der Waals surface area contributed by atoms with Gasteiger partial charge in [-0.1, -0.05) is 48.5 Å². The Morgan fingerprint density at radius 2 is 1.48 bits per heavy atom. The van der Waals surface area contributed by atoms with Gasteiger partial charge in [0.2, 0.25) is 5.75 Å². The fraction of sp³-hybridized carbons (Fsp3) is 0.458. The highest BCUT2D eigenvalue weighted by atomic mass is 16.5. The fourth-order valence-electron chi connectivity index (χ4n) is 2.84. The van der Waals surface area contributed by atoms with Crippen LogP contribution in [0.25, 0.3) is 22.4 Å². The van der Waals surface area contributed by atoms with Gasteiger partial charge in [-0.05, 0) is 12.1 Å². The quantitative estimate of drug-likeness (QED) is 0.506. The Balaban J connectivity index is 0.00000113. The van der Waals surface area contributed by atoms with Crippen LogP contribution in [0.3, 0.4) is 0 Å². The summed E-state index contributed by atoms with van der Waals surface area (Å²) in [6, 6.07) is 3.60. The lowest BCUT2D eigenvalue weighted by Crippen LogP contribution is -2.20. The van der Waals surface area contributed by atoms with Gasteiger partial charge in [-0.2, -0.15) is 0 Å². The van der Waals surface area contributed by atoms with Crippen LogP contribution in [0.2, 0.25) is 0 Å². The number of nitrogens with zero attached hydrogens (tertiary/aromatic N) is 2. The van der Waals surface area contributed by atoms with Crippen molar-refractivity contribution >= 4 is 16.9 Å². The van der Waals surface area contributed by atoms with Crippen molar-refractivity contribution in [3.8, 4) is 28.5 Å². The maximum Gasteiger partial charge on any atom is 0.203 e. The van der Waals surface area contributed by atoms with Crippen LogP contribution in [0.5, 0.6) is 17.2 Å². The molecule has 2 heterocycles. The first-order chi connectivity index (χ1) is 14.8. The summed E-state index contributed by atoms with van der Waals surface area (Å²) < 4.78 is 16.2. The van der Waals surface area contributed by atoms with Gasteiger partial charge < -0.3 is 19.2 Å². The monoisotopic (exact) mass is 429 g/mol. The zero-order valence-electron chi connectivity index (χ0n) is 20.3. The van der Waals surface area contributed by atoms with E-state index in [1.165, 1.54) is 0 Å². The molecule has 0 unspecified atom stereocenters. The van der Waals surface area contributed by atoms with Gasteiger partial charge in [-0.15, -0.1) is 0 Å². The highest BCUT2D eigenvalue weighted by Crippen LogP contribution is 2.41. The molecule has 0 saturated carbocycles. The minimum atomic E-state index is -0.515. The lowest BCUT2D eigenvalue weighted by molar-refractivity contribution is 0.0860. The SMILES string of the molecule is CC.CC.COc1cc(-c2cnc3[nH]cc(C(=O)C(C)(C)C)c3n2)cc(OC)c1OC. The first kappa shape index (κ1) is 25.9. The number of ketones is 1. The Hall–Kier alpha value is -3.09. The standard InChI is InChI=1S/C20H23N3O4.2C2H6/c1-20(2,3)18(24)12-9-21-19-16(12)23-13(10-22-19)11-7-14(25-4)17(27-6)15(8-11)26-5;2*1-2/h7-10H,1-6H3,(H,21,22);2*1-2H3. The number of aromatic amines is 1. The summed E-state index contributed by atoms with van der Waals surface area (Å²) in [7, 11) is 4.67. The minimum Gasteiger partial charge on any atom is -0.493 e. The summed E-state index contributed by atoms with van der Waals surface area (Å²) >= 11 is 0. The van der Waals surface area contributed by atoms with E-state index >= 15 is 0 Å². The van der Waals surface area contributed by atoms with E-state index in [1.807, 2.05) is 48.5 Å². The molecule has 3 rings (SSSR count). The van der Waals surface area contributed by atoms with E-state index < -0.39 is 5.41 Å². The zero-order valence-corrected chi connectivity index (χ0v) is 20.3. The number of rotatable bonds is 5. The molecule has 1 aromatic carbocycles. The minimum absolute atomic E-state index is 0.00471. The molecule has 0 aliphatic carbocycles. The lowest BCUT2D eigenvalue weighted by atomic mass is 9.87. The Kier molecular flexibility index (Phi) is 9.49. The molecule has 0 amide bonds. The van der Waals surface area contributed by atoms with Gasteiger partial charge in [-0.3, -0.25) is 4.79 Å². The number of nitrogens with one attached hydrogen (secondary N) is 1. The average Bonchev–Trinajstić information content (AvgIpc) is 3.22. The van der Waals surface area contributed by atoms with Crippen molar-refractivity contribution in [1.82, 2.24) is 15.0 Å². The highest BCUT2D eigenvalue weighted by molar-refractivity contribution is 6.08. The molecule has 0 atom stereocenters. The summed E-state index contributed by atoms with van der Waals surface area (Å²) in [6.07, 6.45) is 3.31. The van der Waals surface area contributed by atoms with Crippen molar-refractivity contribution in [2.24, 2.45) is 5.41 Å². The molecular weight excluding hydrogens is 394 g/mol. The van der Waals surface area contributed by atoms with E-state index in [0.717, 1.165) is 5.56 Å². The molecule has 0 fully saturated rings. The second-order valence-electron chi connectivity index (χ2n) is 7.15. The molecule has 170 valence electrons. The van der Waals surface area contributed by atoms with Crippen molar-refractivity contribution in [2.75, 3.05) is 21.3 Å². The van der Waals surface area contributed by atoms with E-state index in [1.54, 1.807) is 45.9 Å². The van der Waals surface area contributed by atoms with Gasteiger partial charge in [0, 0.05) is 17.2 Å². The smallest absolute Gasteiger partial charge is 0.203 e. The normalized spacial score (nSPS) is 10.4. The molecule has 7 heteroatoms. The molecule has 0 aliphatic rings. The number of ether oxygens (including phenoxy) is 3. The van der Waals surface area contributed by atoms with Crippen molar-refractivity contribution in [2.45, 2.75) is 48.5 Å². The summed E-state index contributed by atoms with van der Waals surface area (Å²) in [5.41, 5.74) is 2.47. The number of fused-ring (bicyclic) bond motifs is 1. The third kappa shape index (κ3) is 5.54. The number of aromatic nitrogens is 3. The van der Waals surface area contributed by atoms with Crippen molar-refractivity contribution < 1.29 is 19.0 Å². The van der Waals surface area contributed by atoms with Crippen LogP contribution in [0.4, 0.5) is 0 Å². The van der Waals surface area contributed by atoms with E-state index in [0.29, 0.717) is 39.7 Å². The second-order valence-corrected chi connectivity index (χ2v) is 7.15. The van der Waals surface area contributed by atoms with Gasteiger partial charge in [0.05, 0.1) is 38.8 Å². The number of benzene rings is 1. The van der Waals surface area contributed by atoms with Gasteiger partial charge in [0.1, 0.15) is 5.52 Å². The van der Waals surface area contributed by atoms with E-state index in [9.17, 15) is 4.79 Å². The summed E-state index contributed by atoms with van der Waals surface area (Å²) in [5, 5.41) is 0. The predicted octanol–water partition coefficient (Wildman–Crippen LogP) is 5.93. The first-order valence-corrected chi connectivity index (χ1v) is 10.5.